The quantitative estimate of drug-likeness (QED) is 0.815. The van der Waals surface area contributed by atoms with Gasteiger partial charge in [-0.25, -0.2) is 4.98 Å². The van der Waals surface area contributed by atoms with Gasteiger partial charge >= 0.3 is 0 Å². The summed E-state index contributed by atoms with van der Waals surface area (Å²) in [6.45, 7) is 7.72. The average molecular weight is 284 g/mol. The minimum absolute atomic E-state index is 0.00333. The molecule has 0 saturated carbocycles. The Balaban J connectivity index is 2.93. The van der Waals surface area contributed by atoms with Crippen LogP contribution in [-0.4, -0.2) is 35.9 Å². The van der Waals surface area contributed by atoms with Gasteiger partial charge in [-0.15, -0.1) is 0 Å². The first-order chi connectivity index (χ1) is 9.01. The number of nitrogens with zero attached hydrogens (tertiary/aromatic N) is 2. The number of anilines is 1. The van der Waals surface area contributed by atoms with Gasteiger partial charge in [-0.2, -0.15) is 0 Å². The molecule has 1 heterocycles. The number of carbonyl (C=O) groups excluding carboxylic acids is 1. The van der Waals surface area contributed by atoms with E-state index in [0.29, 0.717) is 29.0 Å². The maximum Gasteiger partial charge on any atom is 0.254 e. The smallest absolute Gasteiger partial charge is 0.254 e. The summed E-state index contributed by atoms with van der Waals surface area (Å²) in [6, 6.07) is 3.34. The molecule has 0 aliphatic heterocycles. The monoisotopic (exact) mass is 283 g/mol. The Morgan fingerprint density at radius 2 is 2.16 bits per heavy atom. The van der Waals surface area contributed by atoms with Crippen LogP contribution in [0.2, 0.25) is 5.15 Å². The van der Waals surface area contributed by atoms with Crippen molar-refractivity contribution in [3.63, 3.8) is 0 Å². The van der Waals surface area contributed by atoms with E-state index in [4.69, 9.17) is 11.6 Å². The maximum atomic E-state index is 12.5. The van der Waals surface area contributed by atoms with Crippen molar-refractivity contribution in [3.05, 3.63) is 22.8 Å². The number of amides is 1. The van der Waals surface area contributed by atoms with Gasteiger partial charge in [0.1, 0.15) is 11.0 Å². The van der Waals surface area contributed by atoms with Crippen molar-refractivity contribution < 1.29 is 4.79 Å². The van der Waals surface area contributed by atoms with Crippen LogP contribution in [0.1, 0.15) is 37.6 Å². The van der Waals surface area contributed by atoms with Gasteiger partial charge in [-0.05, 0) is 25.0 Å². The first kappa shape index (κ1) is 15.8. The van der Waals surface area contributed by atoms with Gasteiger partial charge in [0.2, 0.25) is 0 Å². The number of hydrogen-bond donors (Lipinski definition) is 1. The fourth-order valence-electron chi connectivity index (χ4n) is 1.79. The molecular formula is C14H22ClN3O. The average Bonchev–Trinajstić information content (AvgIpc) is 2.42. The Morgan fingerprint density at radius 3 is 2.68 bits per heavy atom. The molecule has 5 heteroatoms. The number of nitrogens with one attached hydrogen (secondary N) is 1. The highest BCUT2D eigenvalue weighted by Gasteiger charge is 2.17. The molecule has 1 atom stereocenters. The van der Waals surface area contributed by atoms with Crippen LogP contribution in [0.15, 0.2) is 12.1 Å². The zero-order valence-electron chi connectivity index (χ0n) is 12.0. The van der Waals surface area contributed by atoms with Crippen LogP contribution in [0, 0.1) is 5.92 Å². The van der Waals surface area contributed by atoms with Crippen molar-refractivity contribution in [2.24, 2.45) is 5.92 Å². The van der Waals surface area contributed by atoms with Gasteiger partial charge in [0.25, 0.3) is 5.91 Å². The summed E-state index contributed by atoms with van der Waals surface area (Å²) in [4.78, 5) is 18.4. The number of aromatic nitrogens is 1. The van der Waals surface area contributed by atoms with Gasteiger partial charge < -0.3 is 10.2 Å². The Hall–Kier alpha value is -1.29. The van der Waals surface area contributed by atoms with E-state index in [2.05, 4.69) is 24.1 Å². The normalized spacial score (nSPS) is 12.1. The summed E-state index contributed by atoms with van der Waals surface area (Å²) in [5, 5.41) is 3.23. The van der Waals surface area contributed by atoms with Crippen molar-refractivity contribution >= 4 is 23.3 Å². The number of carbonyl (C=O) groups is 1. The largest absolute Gasteiger partial charge is 0.373 e. The van der Waals surface area contributed by atoms with E-state index in [1.54, 1.807) is 19.2 Å². The number of hydrogen-bond acceptors (Lipinski definition) is 3. The van der Waals surface area contributed by atoms with Crippen LogP contribution in [0.3, 0.4) is 0 Å². The molecule has 0 aliphatic rings. The van der Waals surface area contributed by atoms with Crippen LogP contribution in [0.5, 0.6) is 0 Å². The predicted octanol–water partition coefficient (Wildman–Crippen LogP) is 3.28. The van der Waals surface area contributed by atoms with Crippen LogP contribution in [0.25, 0.3) is 0 Å². The lowest BCUT2D eigenvalue weighted by atomic mass is 10.1. The lowest BCUT2D eigenvalue weighted by Gasteiger charge is -2.24. The minimum Gasteiger partial charge on any atom is -0.373 e. The molecule has 1 amide bonds. The van der Waals surface area contributed by atoms with Crippen molar-refractivity contribution in [2.75, 3.05) is 25.5 Å². The van der Waals surface area contributed by atoms with Gasteiger partial charge in [0.05, 0.1) is 0 Å². The molecule has 0 aromatic carbocycles. The highest BCUT2D eigenvalue weighted by atomic mass is 35.5. The highest BCUT2D eigenvalue weighted by Crippen LogP contribution is 2.17. The van der Waals surface area contributed by atoms with E-state index in [-0.39, 0.29) is 5.91 Å². The van der Waals surface area contributed by atoms with Crippen molar-refractivity contribution in [3.8, 4) is 0 Å². The van der Waals surface area contributed by atoms with E-state index >= 15 is 0 Å². The molecule has 0 bridgehead atoms. The maximum absolute atomic E-state index is 12.5. The second kappa shape index (κ2) is 7.34. The second-order valence-electron chi connectivity index (χ2n) is 4.67. The zero-order chi connectivity index (χ0) is 14.4. The molecular weight excluding hydrogens is 262 g/mol. The Bertz CT molecular complexity index is 437. The predicted molar refractivity (Wildman–Crippen MR) is 79.8 cm³/mol. The van der Waals surface area contributed by atoms with E-state index in [0.717, 1.165) is 13.0 Å². The standard InChI is InChI=1S/C14H22ClN3O/c1-5-10(3)9-18(6-2)14(19)11-7-12(15)17-13(8-11)16-4/h7-8,10H,5-6,9H2,1-4H3,(H,16,17). The van der Waals surface area contributed by atoms with Gasteiger partial charge in [0.15, 0.2) is 0 Å². The molecule has 4 nitrogen and oxygen atoms in total. The Labute approximate surface area is 120 Å². The lowest BCUT2D eigenvalue weighted by molar-refractivity contribution is 0.0741. The first-order valence-electron chi connectivity index (χ1n) is 6.66. The third kappa shape index (κ3) is 4.39. The number of halogens is 1. The van der Waals surface area contributed by atoms with Gasteiger partial charge in [0, 0.05) is 25.7 Å². The molecule has 1 rings (SSSR count). The van der Waals surface area contributed by atoms with E-state index < -0.39 is 0 Å². The summed E-state index contributed by atoms with van der Waals surface area (Å²) >= 11 is 5.93. The molecule has 1 unspecified atom stereocenters. The van der Waals surface area contributed by atoms with Crippen LogP contribution >= 0.6 is 11.6 Å². The van der Waals surface area contributed by atoms with Crippen molar-refractivity contribution in [1.82, 2.24) is 9.88 Å². The lowest BCUT2D eigenvalue weighted by Crippen LogP contribution is -2.34. The van der Waals surface area contributed by atoms with E-state index in [1.807, 2.05) is 11.8 Å². The Morgan fingerprint density at radius 1 is 1.47 bits per heavy atom. The van der Waals surface area contributed by atoms with Crippen LogP contribution < -0.4 is 5.32 Å². The molecule has 0 radical (unpaired) electrons. The van der Waals surface area contributed by atoms with Crippen molar-refractivity contribution in [2.45, 2.75) is 27.2 Å². The SMILES string of the molecule is CCC(C)CN(CC)C(=O)c1cc(Cl)nc(NC)c1. The summed E-state index contributed by atoms with van der Waals surface area (Å²) in [5.41, 5.74) is 0.578. The summed E-state index contributed by atoms with van der Waals surface area (Å²) in [7, 11) is 1.75. The third-order valence-corrected chi connectivity index (χ3v) is 3.39. The number of pyridine rings is 1. The Kier molecular flexibility index (Phi) is 6.09. The number of rotatable bonds is 6. The van der Waals surface area contributed by atoms with Crippen LogP contribution in [0.4, 0.5) is 5.82 Å². The molecule has 1 aromatic rings. The fraction of sp³-hybridized carbons (Fsp3) is 0.571. The van der Waals surface area contributed by atoms with Gasteiger partial charge in [-0.3, -0.25) is 4.79 Å². The topological polar surface area (TPSA) is 45.2 Å². The molecule has 0 aliphatic carbocycles. The third-order valence-electron chi connectivity index (χ3n) is 3.20. The molecule has 0 fully saturated rings. The van der Waals surface area contributed by atoms with E-state index in [9.17, 15) is 4.79 Å². The summed E-state index contributed by atoms with van der Waals surface area (Å²) < 4.78 is 0. The zero-order valence-corrected chi connectivity index (χ0v) is 12.8. The molecule has 19 heavy (non-hydrogen) atoms. The summed E-state index contributed by atoms with van der Waals surface area (Å²) in [6.07, 6.45) is 1.06. The van der Waals surface area contributed by atoms with E-state index in [1.165, 1.54) is 0 Å². The summed E-state index contributed by atoms with van der Waals surface area (Å²) in [5.74, 6) is 1.10. The fourth-order valence-corrected chi connectivity index (χ4v) is 2.00. The van der Waals surface area contributed by atoms with Crippen molar-refractivity contribution in [1.29, 1.82) is 0 Å². The molecule has 1 aromatic heterocycles. The highest BCUT2D eigenvalue weighted by molar-refractivity contribution is 6.29. The molecule has 0 spiro atoms. The van der Waals surface area contributed by atoms with Gasteiger partial charge in [-0.1, -0.05) is 31.9 Å². The first-order valence-corrected chi connectivity index (χ1v) is 7.04. The molecule has 1 N–H and O–H groups in total. The minimum atomic E-state index is 0.00333. The van der Waals surface area contributed by atoms with Crippen LogP contribution in [-0.2, 0) is 0 Å². The molecule has 0 saturated heterocycles. The second-order valence-corrected chi connectivity index (χ2v) is 5.06. The molecule has 106 valence electrons.